The second-order valence-corrected chi connectivity index (χ2v) is 5.69. The van der Waals surface area contributed by atoms with E-state index in [2.05, 4.69) is 11.4 Å². The smallest absolute Gasteiger partial charge is 0.119 e. The van der Waals surface area contributed by atoms with E-state index in [0.717, 1.165) is 16.9 Å². The van der Waals surface area contributed by atoms with Crippen molar-refractivity contribution in [1.29, 1.82) is 5.26 Å². The number of hydrogen-bond donors (Lipinski definition) is 2. The second-order valence-electron chi connectivity index (χ2n) is 5.69. The molecule has 0 aromatic heterocycles. The zero-order valence-electron chi connectivity index (χ0n) is 13.5. The summed E-state index contributed by atoms with van der Waals surface area (Å²) >= 11 is 0. The van der Waals surface area contributed by atoms with E-state index in [1.807, 2.05) is 50.2 Å². The molecule has 23 heavy (non-hydrogen) atoms. The average molecular weight is 310 g/mol. The number of ether oxygens (including phenoxy) is 1. The highest BCUT2D eigenvalue weighted by atomic mass is 16.5. The van der Waals surface area contributed by atoms with Gasteiger partial charge in [-0.1, -0.05) is 24.3 Å². The van der Waals surface area contributed by atoms with Crippen LogP contribution in [0.1, 0.15) is 36.6 Å². The summed E-state index contributed by atoms with van der Waals surface area (Å²) in [6, 6.07) is 17.0. The predicted octanol–water partition coefficient (Wildman–Crippen LogP) is 3.17. The van der Waals surface area contributed by atoms with Crippen LogP contribution < -0.4 is 10.1 Å². The van der Waals surface area contributed by atoms with Gasteiger partial charge in [0.05, 0.1) is 23.8 Å². The van der Waals surface area contributed by atoms with E-state index in [9.17, 15) is 5.11 Å². The van der Waals surface area contributed by atoms with Crippen LogP contribution in [-0.2, 0) is 6.54 Å². The first-order valence-corrected chi connectivity index (χ1v) is 7.73. The summed E-state index contributed by atoms with van der Waals surface area (Å²) in [6.07, 6.45) is -0.429. The molecule has 0 amide bonds. The molecule has 0 aliphatic heterocycles. The third-order valence-electron chi connectivity index (χ3n) is 3.39. The van der Waals surface area contributed by atoms with Crippen LogP contribution in [0.15, 0.2) is 48.5 Å². The number of aliphatic hydroxyl groups is 1. The Morgan fingerprint density at radius 3 is 2.30 bits per heavy atom. The fourth-order valence-corrected chi connectivity index (χ4v) is 2.21. The summed E-state index contributed by atoms with van der Waals surface area (Å²) in [5.41, 5.74) is 2.59. The summed E-state index contributed by atoms with van der Waals surface area (Å²) in [5.74, 6) is 0.807. The van der Waals surface area contributed by atoms with Crippen LogP contribution >= 0.6 is 0 Å². The van der Waals surface area contributed by atoms with Gasteiger partial charge in [0.1, 0.15) is 5.75 Å². The standard InChI is InChI=1S/C19H22N2O2/c1-14(2)23-18-9-7-17(8-10-18)19(22)13-21-12-16-5-3-15(11-20)4-6-16/h3-10,14,19,21-22H,12-13H2,1-2H3. The molecule has 4 nitrogen and oxygen atoms in total. The Hall–Kier alpha value is -2.35. The quantitative estimate of drug-likeness (QED) is 0.824. The molecule has 1 unspecified atom stereocenters. The van der Waals surface area contributed by atoms with Gasteiger partial charge in [0, 0.05) is 13.1 Å². The van der Waals surface area contributed by atoms with Crippen LogP contribution in [0.25, 0.3) is 0 Å². The molecule has 2 N–H and O–H groups in total. The van der Waals surface area contributed by atoms with Gasteiger partial charge in [-0.3, -0.25) is 0 Å². The van der Waals surface area contributed by atoms with E-state index in [1.165, 1.54) is 0 Å². The van der Waals surface area contributed by atoms with Gasteiger partial charge in [0.2, 0.25) is 0 Å². The lowest BCUT2D eigenvalue weighted by Crippen LogP contribution is -2.21. The molecule has 0 bridgehead atoms. The molecular weight excluding hydrogens is 288 g/mol. The fraction of sp³-hybridized carbons (Fsp3) is 0.316. The van der Waals surface area contributed by atoms with E-state index < -0.39 is 6.10 Å². The molecule has 0 saturated heterocycles. The van der Waals surface area contributed by atoms with Crippen LogP contribution in [-0.4, -0.2) is 17.8 Å². The molecule has 0 heterocycles. The molecule has 0 aliphatic rings. The maximum absolute atomic E-state index is 10.2. The number of nitriles is 1. The highest BCUT2D eigenvalue weighted by Gasteiger charge is 2.07. The highest BCUT2D eigenvalue weighted by Crippen LogP contribution is 2.18. The van der Waals surface area contributed by atoms with Crippen molar-refractivity contribution in [3.8, 4) is 11.8 Å². The number of nitrogens with zero attached hydrogens (tertiary/aromatic N) is 1. The SMILES string of the molecule is CC(C)Oc1ccc(C(O)CNCc2ccc(C#N)cc2)cc1. The molecular formula is C19H22N2O2. The summed E-state index contributed by atoms with van der Waals surface area (Å²) in [4.78, 5) is 0. The van der Waals surface area contributed by atoms with Crippen LogP contribution in [0.5, 0.6) is 5.75 Å². The zero-order chi connectivity index (χ0) is 16.7. The van der Waals surface area contributed by atoms with Crippen LogP contribution in [0, 0.1) is 11.3 Å². The summed E-state index contributed by atoms with van der Waals surface area (Å²) in [7, 11) is 0. The summed E-state index contributed by atoms with van der Waals surface area (Å²) in [5, 5.41) is 22.2. The van der Waals surface area contributed by atoms with Crippen molar-refractivity contribution < 1.29 is 9.84 Å². The Labute approximate surface area is 137 Å². The second kappa shape index (κ2) is 8.33. The molecule has 4 heteroatoms. The third kappa shape index (κ3) is 5.41. The minimum Gasteiger partial charge on any atom is -0.491 e. The Balaban J connectivity index is 1.82. The molecule has 0 aliphatic carbocycles. The van der Waals surface area contributed by atoms with Crippen LogP contribution in [0.4, 0.5) is 0 Å². The molecule has 2 rings (SSSR count). The van der Waals surface area contributed by atoms with E-state index in [1.54, 1.807) is 12.1 Å². The lowest BCUT2D eigenvalue weighted by molar-refractivity contribution is 0.174. The van der Waals surface area contributed by atoms with Gasteiger partial charge < -0.3 is 15.2 Å². The van der Waals surface area contributed by atoms with Crippen molar-refractivity contribution in [2.24, 2.45) is 0 Å². The Kier molecular flexibility index (Phi) is 6.16. The fourth-order valence-electron chi connectivity index (χ4n) is 2.21. The Morgan fingerprint density at radius 2 is 1.74 bits per heavy atom. The van der Waals surface area contributed by atoms with E-state index in [4.69, 9.17) is 10.00 Å². The summed E-state index contributed by atoms with van der Waals surface area (Å²) in [6.45, 7) is 5.08. The number of benzene rings is 2. The Morgan fingerprint density at radius 1 is 1.09 bits per heavy atom. The van der Waals surface area contributed by atoms with Gasteiger partial charge >= 0.3 is 0 Å². The molecule has 120 valence electrons. The number of hydrogen-bond acceptors (Lipinski definition) is 4. The first-order valence-electron chi connectivity index (χ1n) is 7.73. The van der Waals surface area contributed by atoms with Crippen molar-refractivity contribution in [2.75, 3.05) is 6.54 Å². The number of aliphatic hydroxyl groups excluding tert-OH is 1. The van der Waals surface area contributed by atoms with Gasteiger partial charge in [0.15, 0.2) is 0 Å². The van der Waals surface area contributed by atoms with E-state index >= 15 is 0 Å². The molecule has 2 aromatic carbocycles. The van der Waals surface area contributed by atoms with Gasteiger partial charge in [0.25, 0.3) is 0 Å². The minimum absolute atomic E-state index is 0.139. The normalized spacial score (nSPS) is 12.0. The molecule has 0 saturated carbocycles. The minimum atomic E-state index is -0.568. The largest absolute Gasteiger partial charge is 0.491 e. The van der Waals surface area contributed by atoms with Crippen LogP contribution in [0.2, 0.25) is 0 Å². The third-order valence-corrected chi connectivity index (χ3v) is 3.39. The predicted molar refractivity (Wildman–Crippen MR) is 90.0 cm³/mol. The van der Waals surface area contributed by atoms with Gasteiger partial charge in [-0.05, 0) is 49.2 Å². The first kappa shape index (κ1) is 17.0. The van der Waals surface area contributed by atoms with Crippen LogP contribution in [0.3, 0.4) is 0 Å². The monoisotopic (exact) mass is 310 g/mol. The van der Waals surface area contributed by atoms with E-state index in [0.29, 0.717) is 18.7 Å². The lowest BCUT2D eigenvalue weighted by Gasteiger charge is -2.14. The average Bonchev–Trinajstić information content (AvgIpc) is 2.55. The van der Waals surface area contributed by atoms with E-state index in [-0.39, 0.29) is 6.10 Å². The maximum Gasteiger partial charge on any atom is 0.119 e. The van der Waals surface area contributed by atoms with Crippen molar-refractivity contribution in [1.82, 2.24) is 5.32 Å². The van der Waals surface area contributed by atoms with Crippen molar-refractivity contribution >= 4 is 0 Å². The highest BCUT2D eigenvalue weighted by molar-refractivity contribution is 5.31. The maximum atomic E-state index is 10.2. The number of nitrogens with one attached hydrogen (secondary N) is 1. The molecule has 1 atom stereocenters. The molecule has 0 spiro atoms. The van der Waals surface area contributed by atoms with Crippen molar-refractivity contribution in [3.63, 3.8) is 0 Å². The molecule has 0 fully saturated rings. The van der Waals surface area contributed by atoms with Gasteiger partial charge in [-0.15, -0.1) is 0 Å². The van der Waals surface area contributed by atoms with Crippen molar-refractivity contribution in [3.05, 3.63) is 65.2 Å². The topological polar surface area (TPSA) is 65.3 Å². The summed E-state index contributed by atoms with van der Waals surface area (Å²) < 4.78 is 5.59. The molecule has 2 aromatic rings. The lowest BCUT2D eigenvalue weighted by atomic mass is 10.1. The Bertz CT molecular complexity index is 643. The zero-order valence-corrected chi connectivity index (χ0v) is 13.5. The van der Waals surface area contributed by atoms with Gasteiger partial charge in [-0.25, -0.2) is 0 Å². The first-order chi connectivity index (χ1) is 11.1. The van der Waals surface area contributed by atoms with Gasteiger partial charge in [-0.2, -0.15) is 5.26 Å². The van der Waals surface area contributed by atoms with Crippen molar-refractivity contribution in [2.45, 2.75) is 32.6 Å². The number of rotatable bonds is 7. The molecule has 0 radical (unpaired) electrons.